The first-order chi connectivity index (χ1) is 18.2. The van der Waals surface area contributed by atoms with Crippen molar-refractivity contribution in [3.05, 3.63) is 64.9 Å². The fourth-order valence-electron chi connectivity index (χ4n) is 4.60. The van der Waals surface area contributed by atoms with Crippen LogP contribution in [-0.4, -0.2) is 70.4 Å². The Kier molecular flexibility index (Phi) is 7.55. The molecule has 1 unspecified atom stereocenters. The summed E-state index contributed by atoms with van der Waals surface area (Å²) in [7, 11) is 0. The second-order valence-corrected chi connectivity index (χ2v) is 11.4. The Labute approximate surface area is 229 Å². The van der Waals surface area contributed by atoms with E-state index in [1.54, 1.807) is 43.6 Å². The molecule has 4 aromatic rings. The summed E-state index contributed by atoms with van der Waals surface area (Å²) in [4.78, 5) is 39.9. The van der Waals surface area contributed by atoms with Gasteiger partial charge in [0.15, 0.2) is 5.78 Å². The number of fused-ring (bicyclic) bond motifs is 1. The van der Waals surface area contributed by atoms with E-state index in [9.17, 15) is 18.5 Å². The minimum Gasteiger partial charge on any atom is -0.610 e. The second-order valence-electron chi connectivity index (χ2n) is 9.16. The zero-order chi connectivity index (χ0) is 27.0. The summed E-state index contributed by atoms with van der Waals surface area (Å²) in [6.45, 7) is 2.96. The van der Waals surface area contributed by atoms with Crippen LogP contribution in [0.4, 0.5) is 4.39 Å². The molecule has 1 aromatic carbocycles. The van der Waals surface area contributed by atoms with E-state index in [2.05, 4.69) is 36.0 Å². The Hall–Kier alpha value is -3.22. The van der Waals surface area contributed by atoms with E-state index in [1.165, 1.54) is 16.5 Å². The number of pyridine rings is 1. The molecule has 0 saturated carbocycles. The lowest BCUT2D eigenvalue weighted by Crippen LogP contribution is -2.41. The van der Waals surface area contributed by atoms with Crippen molar-refractivity contribution in [3.8, 4) is 11.1 Å². The molecule has 3 atom stereocenters. The number of hydrogen-bond donors (Lipinski definition) is 0. The molecular formula is C26H24BrFN6O3S. The molecule has 1 saturated heterocycles. The summed E-state index contributed by atoms with van der Waals surface area (Å²) in [5.74, 6) is 0.136. The molecule has 12 heteroatoms. The highest BCUT2D eigenvalue weighted by molar-refractivity contribution is 9.10. The number of ketones is 1. The highest BCUT2D eigenvalue weighted by atomic mass is 79.9. The zero-order valence-corrected chi connectivity index (χ0v) is 23.1. The topological polar surface area (TPSA) is 117 Å². The van der Waals surface area contributed by atoms with Crippen LogP contribution in [-0.2, 0) is 22.5 Å². The molecule has 0 bridgehead atoms. The third-order valence-corrected chi connectivity index (χ3v) is 8.26. The highest BCUT2D eigenvalue weighted by Crippen LogP contribution is 2.28. The molecule has 3 aromatic heterocycles. The van der Waals surface area contributed by atoms with Gasteiger partial charge in [-0.3, -0.25) is 14.3 Å². The Morgan fingerprint density at radius 2 is 1.95 bits per heavy atom. The van der Waals surface area contributed by atoms with E-state index in [-0.39, 0.29) is 42.6 Å². The third-order valence-electron chi connectivity index (χ3n) is 6.43. The lowest BCUT2D eigenvalue weighted by atomic mass is 10.0. The maximum Gasteiger partial charge on any atom is 0.245 e. The van der Waals surface area contributed by atoms with E-state index in [4.69, 9.17) is 0 Å². The van der Waals surface area contributed by atoms with Crippen molar-refractivity contribution in [1.82, 2.24) is 29.6 Å². The molecule has 38 heavy (non-hydrogen) atoms. The van der Waals surface area contributed by atoms with Gasteiger partial charge in [0.1, 0.15) is 34.6 Å². The van der Waals surface area contributed by atoms with Crippen molar-refractivity contribution >= 4 is 49.7 Å². The molecule has 196 valence electrons. The first kappa shape index (κ1) is 26.4. The predicted octanol–water partition coefficient (Wildman–Crippen LogP) is 3.91. The molecule has 0 spiro atoms. The number of nitrogens with zero attached hydrogens (tertiary/aromatic N) is 6. The first-order valence-electron chi connectivity index (χ1n) is 11.9. The van der Waals surface area contributed by atoms with Gasteiger partial charge in [-0.05, 0) is 46.6 Å². The van der Waals surface area contributed by atoms with Crippen LogP contribution in [0.15, 0.2) is 58.4 Å². The summed E-state index contributed by atoms with van der Waals surface area (Å²) in [6, 6.07) is 10.0. The van der Waals surface area contributed by atoms with Gasteiger partial charge in [-0.25, -0.2) is 14.4 Å². The van der Waals surface area contributed by atoms with Crippen molar-refractivity contribution in [3.63, 3.8) is 0 Å². The van der Waals surface area contributed by atoms with Crippen LogP contribution in [0.2, 0.25) is 0 Å². The normalized spacial score (nSPS) is 18.2. The number of amides is 1. The van der Waals surface area contributed by atoms with Gasteiger partial charge in [0.2, 0.25) is 10.9 Å². The van der Waals surface area contributed by atoms with Gasteiger partial charge in [-0.2, -0.15) is 10.1 Å². The highest BCUT2D eigenvalue weighted by Gasteiger charge is 2.39. The number of hydrogen-bond acceptors (Lipinski definition) is 7. The van der Waals surface area contributed by atoms with Crippen molar-refractivity contribution < 1.29 is 18.5 Å². The Morgan fingerprint density at radius 1 is 1.18 bits per heavy atom. The van der Waals surface area contributed by atoms with E-state index in [0.29, 0.717) is 26.4 Å². The number of carbonyl (C=O) groups is 2. The number of alkyl halides is 1. The minimum atomic E-state index is -1.51. The fraction of sp³-hybridized carbons (Fsp3) is 0.308. The number of halogens is 2. The van der Waals surface area contributed by atoms with Crippen LogP contribution < -0.4 is 0 Å². The maximum atomic E-state index is 14.4. The van der Waals surface area contributed by atoms with E-state index in [0.717, 1.165) is 11.1 Å². The SMILES string of the molecule is CC(=O)c1nn(CC(=O)N2C[C@H](F)C[C@H]2C[S+]([O-])c2cccc(Br)n2)c2ccc(-c3cnc(C)nc3)cc12. The quantitative estimate of drug-likeness (QED) is 0.180. The number of Topliss-reactive ketones (excluding diaryl/α,β-unsaturated/α-hetero) is 1. The molecule has 0 aliphatic carbocycles. The van der Waals surface area contributed by atoms with Crippen molar-refractivity contribution in [2.75, 3.05) is 12.3 Å². The van der Waals surface area contributed by atoms with Crippen LogP contribution in [0.3, 0.4) is 0 Å². The molecular weight excluding hydrogens is 575 g/mol. The van der Waals surface area contributed by atoms with Gasteiger partial charge in [0.25, 0.3) is 0 Å². The zero-order valence-electron chi connectivity index (χ0n) is 20.7. The van der Waals surface area contributed by atoms with Crippen LogP contribution in [0, 0.1) is 6.92 Å². The van der Waals surface area contributed by atoms with E-state index < -0.39 is 23.4 Å². The van der Waals surface area contributed by atoms with Gasteiger partial charge < -0.3 is 9.45 Å². The number of rotatable bonds is 7. The van der Waals surface area contributed by atoms with Crippen LogP contribution >= 0.6 is 15.9 Å². The van der Waals surface area contributed by atoms with Gasteiger partial charge in [-0.1, -0.05) is 12.1 Å². The molecule has 0 N–H and O–H groups in total. The van der Waals surface area contributed by atoms with E-state index >= 15 is 0 Å². The maximum absolute atomic E-state index is 14.4. The van der Waals surface area contributed by atoms with Crippen LogP contribution in [0.1, 0.15) is 29.7 Å². The Morgan fingerprint density at radius 3 is 2.66 bits per heavy atom. The second kappa shape index (κ2) is 10.9. The van der Waals surface area contributed by atoms with Crippen LogP contribution in [0.5, 0.6) is 0 Å². The molecule has 0 radical (unpaired) electrons. The minimum absolute atomic E-state index is 0.0795. The number of likely N-dealkylation sites (tertiary alicyclic amines) is 1. The molecule has 1 aliphatic rings. The van der Waals surface area contributed by atoms with Gasteiger partial charge in [0.05, 0.1) is 18.1 Å². The first-order valence-corrected chi connectivity index (χ1v) is 14.1. The summed E-state index contributed by atoms with van der Waals surface area (Å²) in [5.41, 5.74) is 2.45. The van der Waals surface area contributed by atoms with E-state index in [1.807, 2.05) is 12.1 Å². The third kappa shape index (κ3) is 5.47. The lowest BCUT2D eigenvalue weighted by Gasteiger charge is -2.24. The molecule has 5 rings (SSSR count). The Bertz CT molecular complexity index is 1510. The molecule has 1 fully saturated rings. The van der Waals surface area contributed by atoms with Crippen molar-refractivity contribution in [2.45, 2.75) is 44.1 Å². The predicted molar refractivity (Wildman–Crippen MR) is 144 cm³/mol. The molecule has 4 heterocycles. The van der Waals surface area contributed by atoms with Crippen LogP contribution in [0.25, 0.3) is 22.0 Å². The average Bonchev–Trinajstić information content (AvgIpc) is 3.44. The summed E-state index contributed by atoms with van der Waals surface area (Å²) in [5, 5.41) is 5.40. The van der Waals surface area contributed by atoms with Crippen molar-refractivity contribution in [1.29, 1.82) is 0 Å². The number of benzene rings is 1. The van der Waals surface area contributed by atoms with Crippen molar-refractivity contribution in [2.24, 2.45) is 0 Å². The number of aryl methyl sites for hydroxylation is 1. The Balaban J connectivity index is 1.39. The smallest absolute Gasteiger partial charge is 0.245 e. The summed E-state index contributed by atoms with van der Waals surface area (Å²) in [6.07, 6.45) is 2.31. The molecule has 1 amide bonds. The fourth-order valence-corrected chi connectivity index (χ4v) is 6.33. The lowest BCUT2D eigenvalue weighted by molar-refractivity contribution is -0.132. The monoisotopic (exact) mass is 598 g/mol. The summed E-state index contributed by atoms with van der Waals surface area (Å²) < 4.78 is 29.4. The standard InChI is InChI=1S/C26H24BrFN6O3S/c1-15(35)26-21-8-17(18-10-29-16(2)30-11-18)6-7-22(21)34(32-26)13-25(36)33-12-19(28)9-20(33)14-38(37)24-5-3-4-23(27)31-24/h3-8,10-11,19-20H,9,12-14H2,1-2H3/t19-,20+,38?/m1/s1. The number of aromatic nitrogens is 5. The van der Waals surface area contributed by atoms with Gasteiger partial charge in [0, 0.05) is 53.9 Å². The number of carbonyl (C=O) groups excluding carboxylic acids is 2. The molecule has 9 nitrogen and oxygen atoms in total. The van der Waals surface area contributed by atoms with Gasteiger partial charge >= 0.3 is 0 Å². The largest absolute Gasteiger partial charge is 0.610 e. The molecule has 1 aliphatic heterocycles. The van der Waals surface area contributed by atoms with Gasteiger partial charge in [-0.15, -0.1) is 0 Å². The average molecular weight is 599 g/mol. The summed E-state index contributed by atoms with van der Waals surface area (Å²) >= 11 is 1.76.